The highest BCUT2D eigenvalue weighted by atomic mass is 16.5. The first-order valence-electron chi connectivity index (χ1n) is 4.81. The third-order valence-electron chi connectivity index (χ3n) is 1.78. The third-order valence-corrected chi connectivity index (χ3v) is 1.78. The number of carbonyl (C=O) groups excluding carboxylic acids is 1. The molecular weight excluding hydrogens is 206 g/mol. The highest BCUT2D eigenvalue weighted by Crippen LogP contribution is 2.01. The van der Waals surface area contributed by atoms with E-state index in [2.05, 4.69) is 31.9 Å². The third kappa shape index (κ3) is 3.58. The van der Waals surface area contributed by atoms with Gasteiger partial charge in [0.25, 0.3) is 0 Å². The number of ether oxygens (including phenoxy) is 1. The normalized spacial score (nSPS) is 8.88. The molecule has 1 rings (SSSR count). The number of carbonyl (C=O) groups is 1. The summed E-state index contributed by atoms with van der Waals surface area (Å²) in [6.45, 7) is 2.50. The van der Waals surface area contributed by atoms with Crippen LogP contribution in [-0.4, -0.2) is 29.6 Å². The molecule has 0 aliphatic heterocycles. The molecule has 5 nitrogen and oxygen atoms in total. The van der Waals surface area contributed by atoms with Crippen LogP contribution in [0.2, 0.25) is 0 Å². The molecule has 1 N–H and O–H groups in total. The van der Waals surface area contributed by atoms with E-state index in [1.54, 1.807) is 6.92 Å². The van der Waals surface area contributed by atoms with E-state index in [1.807, 2.05) is 0 Å². The van der Waals surface area contributed by atoms with Gasteiger partial charge >= 0.3 is 5.97 Å². The number of esters is 1. The van der Waals surface area contributed by atoms with Gasteiger partial charge in [-0.3, -0.25) is 0 Å². The lowest BCUT2D eigenvalue weighted by Crippen LogP contribution is -2.07. The van der Waals surface area contributed by atoms with Crippen molar-refractivity contribution in [2.45, 2.75) is 13.3 Å². The summed E-state index contributed by atoms with van der Waals surface area (Å²) in [5.41, 5.74) is 0.196. The van der Waals surface area contributed by atoms with E-state index >= 15 is 0 Å². The lowest BCUT2D eigenvalue weighted by molar-refractivity contribution is 0.0593. The summed E-state index contributed by atoms with van der Waals surface area (Å²) in [7, 11) is 1.31. The second kappa shape index (κ2) is 6.40. The molecule has 0 bridgehead atoms. The van der Waals surface area contributed by atoms with Gasteiger partial charge in [0.1, 0.15) is 5.82 Å². The average molecular weight is 219 g/mol. The Morgan fingerprint density at radius 1 is 1.50 bits per heavy atom. The predicted octanol–water partition coefficient (Wildman–Crippen LogP) is 1.09. The topological polar surface area (TPSA) is 64.1 Å². The number of anilines is 1. The van der Waals surface area contributed by atoms with Gasteiger partial charge in [-0.05, 0) is 6.92 Å². The largest absolute Gasteiger partial charge is 0.464 e. The fourth-order valence-electron chi connectivity index (χ4n) is 1.01. The smallest absolute Gasteiger partial charge is 0.358 e. The molecule has 1 heterocycles. The molecule has 0 saturated carbocycles. The molecule has 0 spiro atoms. The number of nitrogens with zero attached hydrogens (tertiary/aromatic N) is 2. The molecule has 0 fully saturated rings. The van der Waals surface area contributed by atoms with Gasteiger partial charge in [0.2, 0.25) is 0 Å². The molecule has 0 aliphatic carbocycles. The molecule has 0 amide bonds. The van der Waals surface area contributed by atoms with Gasteiger partial charge in [-0.15, -0.1) is 11.8 Å². The van der Waals surface area contributed by atoms with E-state index in [-0.39, 0.29) is 5.69 Å². The van der Waals surface area contributed by atoms with Gasteiger partial charge in [0, 0.05) is 13.0 Å². The Hall–Kier alpha value is -2.09. The second-order valence-corrected chi connectivity index (χ2v) is 2.88. The van der Waals surface area contributed by atoms with Crippen LogP contribution in [0.4, 0.5) is 5.82 Å². The maximum Gasteiger partial charge on any atom is 0.358 e. The molecule has 0 radical (unpaired) electrons. The molecule has 5 heteroatoms. The average Bonchev–Trinajstić information content (AvgIpc) is 2.34. The van der Waals surface area contributed by atoms with Crippen molar-refractivity contribution in [2.24, 2.45) is 0 Å². The summed E-state index contributed by atoms with van der Waals surface area (Å²) in [5, 5.41) is 3.04. The summed E-state index contributed by atoms with van der Waals surface area (Å²) < 4.78 is 4.51. The fraction of sp³-hybridized carbons (Fsp3) is 0.364. The minimum absolute atomic E-state index is 0.196. The van der Waals surface area contributed by atoms with Crippen LogP contribution in [0.15, 0.2) is 12.4 Å². The quantitative estimate of drug-likeness (QED) is 0.466. The van der Waals surface area contributed by atoms with Crippen LogP contribution in [0.5, 0.6) is 0 Å². The van der Waals surface area contributed by atoms with Gasteiger partial charge in [-0.1, -0.05) is 0 Å². The van der Waals surface area contributed by atoms with E-state index in [0.717, 1.165) is 6.42 Å². The first-order chi connectivity index (χ1) is 7.77. The second-order valence-electron chi connectivity index (χ2n) is 2.88. The minimum atomic E-state index is -0.490. The minimum Gasteiger partial charge on any atom is -0.464 e. The van der Waals surface area contributed by atoms with Gasteiger partial charge in [0.15, 0.2) is 5.69 Å². The fourth-order valence-corrected chi connectivity index (χ4v) is 1.01. The Bertz CT molecular complexity index is 403. The lowest BCUT2D eigenvalue weighted by Gasteiger charge is -2.02. The van der Waals surface area contributed by atoms with E-state index in [9.17, 15) is 4.79 Å². The maximum atomic E-state index is 11.1. The predicted molar refractivity (Wildman–Crippen MR) is 59.9 cm³/mol. The van der Waals surface area contributed by atoms with Crippen molar-refractivity contribution >= 4 is 11.8 Å². The van der Waals surface area contributed by atoms with Crippen LogP contribution in [0.3, 0.4) is 0 Å². The molecular formula is C11H13N3O2. The molecule has 0 saturated heterocycles. The van der Waals surface area contributed by atoms with Crippen LogP contribution in [0.1, 0.15) is 23.8 Å². The van der Waals surface area contributed by atoms with Crippen LogP contribution in [-0.2, 0) is 4.74 Å². The molecule has 0 unspecified atom stereocenters. The van der Waals surface area contributed by atoms with E-state index in [0.29, 0.717) is 12.4 Å². The van der Waals surface area contributed by atoms with Gasteiger partial charge in [0.05, 0.1) is 19.5 Å². The Labute approximate surface area is 94.2 Å². The van der Waals surface area contributed by atoms with Crippen molar-refractivity contribution in [2.75, 3.05) is 19.0 Å². The van der Waals surface area contributed by atoms with Crippen molar-refractivity contribution in [1.82, 2.24) is 9.97 Å². The Morgan fingerprint density at radius 2 is 2.31 bits per heavy atom. The van der Waals surface area contributed by atoms with Crippen LogP contribution in [0.25, 0.3) is 0 Å². The zero-order chi connectivity index (χ0) is 11.8. The Morgan fingerprint density at radius 3 is 2.88 bits per heavy atom. The highest BCUT2D eigenvalue weighted by molar-refractivity contribution is 5.86. The van der Waals surface area contributed by atoms with Gasteiger partial charge in [-0.25, -0.2) is 14.8 Å². The maximum absolute atomic E-state index is 11.1. The summed E-state index contributed by atoms with van der Waals surface area (Å²) in [6, 6.07) is 0. The summed E-state index contributed by atoms with van der Waals surface area (Å²) in [4.78, 5) is 19.0. The zero-order valence-electron chi connectivity index (χ0n) is 9.28. The number of hydrogen-bond donors (Lipinski definition) is 1. The van der Waals surface area contributed by atoms with E-state index < -0.39 is 5.97 Å². The zero-order valence-corrected chi connectivity index (χ0v) is 9.28. The SMILES string of the molecule is CC#CCCNc1cnc(C(=O)OC)cn1. The molecule has 1 aromatic rings. The van der Waals surface area contributed by atoms with Crippen molar-refractivity contribution in [3.8, 4) is 11.8 Å². The summed E-state index contributed by atoms with van der Waals surface area (Å²) in [5.74, 6) is 5.85. The first-order valence-corrected chi connectivity index (χ1v) is 4.81. The molecule has 0 aromatic carbocycles. The molecule has 0 atom stereocenters. The molecule has 0 aliphatic rings. The van der Waals surface area contributed by atoms with Crippen molar-refractivity contribution in [3.63, 3.8) is 0 Å². The Kier molecular flexibility index (Phi) is 4.80. The van der Waals surface area contributed by atoms with E-state index in [1.165, 1.54) is 19.5 Å². The van der Waals surface area contributed by atoms with Crippen molar-refractivity contribution < 1.29 is 9.53 Å². The standard InChI is InChI=1S/C11H13N3O2/c1-3-4-5-6-12-10-8-13-9(7-14-10)11(15)16-2/h7-8H,5-6H2,1-2H3,(H,12,14). The van der Waals surface area contributed by atoms with Crippen molar-refractivity contribution in [1.29, 1.82) is 0 Å². The number of hydrogen-bond acceptors (Lipinski definition) is 5. The van der Waals surface area contributed by atoms with Crippen LogP contribution in [0, 0.1) is 11.8 Å². The molecule has 1 aromatic heterocycles. The van der Waals surface area contributed by atoms with Crippen LogP contribution >= 0.6 is 0 Å². The summed E-state index contributed by atoms with van der Waals surface area (Å²) in [6.07, 6.45) is 3.61. The molecule has 84 valence electrons. The number of rotatable bonds is 4. The number of aromatic nitrogens is 2. The van der Waals surface area contributed by atoms with E-state index in [4.69, 9.17) is 0 Å². The van der Waals surface area contributed by atoms with Gasteiger partial charge in [-0.2, -0.15) is 0 Å². The lowest BCUT2D eigenvalue weighted by atomic mass is 10.4. The van der Waals surface area contributed by atoms with Crippen molar-refractivity contribution in [3.05, 3.63) is 18.1 Å². The number of methoxy groups -OCH3 is 1. The molecule has 16 heavy (non-hydrogen) atoms. The highest BCUT2D eigenvalue weighted by Gasteiger charge is 2.06. The Balaban J connectivity index is 2.50. The van der Waals surface area contributed by atoms with Crippen LogP contribution < -0.4 is 5.32 Å². The monoisotopic (exact) mass is 219 g/mol. The summed E-state index contributed by atoms with van der Waals surface area (Å²) >= 11 is 0. The first kappa shape index (κ1) is 12.0. The van der Waals surface area contributed by atoms with Gasteiger partial charge < -0.3 is 10.1 Å². The number of nitrogens with one attached hydrogen (secondary N) is 1.